The molecule has 3 N–H and O–H groups in total. The van der Waals surface area contributed by atoms with Crippen molar-refractivity contribution in [3.63, 3.8) is 0 Å². The zero-order valence-corrected chi connectivity index (χ0v) is 14.1. The lowest BCUT2D eigenvalue weighted by molar-refractivity contribution is -0.137. The molecule has 0 aliphatic carbocycles. The van der Waals surface area contributed by atoms with Crippen molar-refractivity contribution in [3.8, 4) is 0 Å². The van der Waals surface area contributed by atoms with E-state index < -0.39 is 11.7 Å². The fraction of sp³-hybridized carbons (Fsp3) is 0.0714. The highest BCUT2D eigenvalue weighted by Gasteiger charge is 2.30. The zero-order valence-electron chi connectivity index (χ0n) is 10.9. The van der Waals surface area contributed by atoms with Crippen molar-refractivity contribution < 1.29 is 13.2 Å². The third kappa shape index (κ3) is 4.48. The summed E-state index contributed by atoms with van der Waals surface area (Å²) in [5.74, 6) is -0.141. The number of rotatable bonds is 2. The van der Waals surface area contributed by atoms with Crippen LogP contribution in [-0.2, 0) is 6.18 Å². The number of benzene rings is 2. The molecule has 0 saturated carbocycles. The van der Waals surface area contributed by atoms with Crippen LogP contribution in [0.5, 0.6) is 0 Å². The maximum Gasteiger partial charge on any atom is 0.416 e. The van der Waals surface area contributed by atoms with Gasteiger partial charge in [0.2, 0.25) is 0 Å². The van der Waals surface area contributed by atoms with Crippen LogP contribution in [0.15, 0.2) is 51.4 Å². The van der Waals surface area contributed by atoms with Crippen LogP contribution in [-0.4, -0.2) is 5.96 Å². The Hall–Kier alpha value is -1.54. The predicted molar refractivity (Wildman–Crippen MR) is 88.3 cm³/mol. The van der Waals surface area contributed by atoms with E-state index in [0.29, 0.717) is 5.69 Å². The Morgan fingerprint density at radius 3 is 2.41 bits per heavy atom. The second kappa shape index (κ2) is 6.70. The first-order chi connectivity index (χ1) is 10.3. The second-order valence-electron chi connectivity index (χ2n) is 4.33. The summed E-state index contributed by atoms with van der Waals surface area (Å²) in [5, 5.41) is 13.2. The highest BCUT2D eigenvalue weighted by molar-refractivity contribution is 9.11. The molecule has 0 aliphatic heterocycles. The summed E-state index contributed by atoms with van der Waals surface area (Å²) in [5.41, 5.74) is 0.0197. The minimum absolute atomic E-state index is 0.141. The molecule has 0 amide bonds. The highest BCUT2D eigenvalue weighted by Crippen LogP contribution is 2.31. The van der Waals surface area contributed by atoms with Crippen LogP contribution in [0.3, 0.4) is 0 Å². The number of alkyl halides is 3. The van der Waals surface area contributed by atoms with Gasteiger partial charge in [-0.25, -0.2) is 0 Å². The molecule has 2 aromatic rings. The molecule has 0 bridgehead atoms. The molecule has 0 aromatic heterocycles. The minimum atomic E-state index is -4.42. The molecule has 8 heteroatoms. The van der Waals surface area contributed by atoms with E-state index in [-0.39, 0.29) is 11.6 Å². The number of anilines is 2. The van der Waals surface area contributed by atoms with Crippen LogP contribution in [0.25, 0.3) is 0 Å². The van der Waals surface area contributed by atoms with E-state index in [4.69, 9.17) is 5.41 Å². The van der Waals surface area contributed by atoms with Crippen LogP contribution in [0.4, 0.5) is 24.5 Å². The normalized spacial score (nSPS) is 11.1. The molecule has 0 aliphatic rings. The molecule has 0 saturated heterocycles. The van der Waals surface area contributed by atoms with Crippen molar-refractivity contribution in [1.82, 2.24) is 0 Å². The van der Waals surface area contributed by atoms with Gasteiger partial charge in [0.05, 0.1) is 11.3 Å². The fourth-order valence-corrected chi connectivity index (χ4v) is 2.38. The Labute approximate surface area is 141 Å². The summed E-state index contributed by atoms with van der Waals surface area (Å²) in [6.07, 6.45) is -4.42. The van der Waals surface area contributed by atoms with Crippen molar-refractivity contribution in [2.24, 2.45) is 0 Å². The van der Waals surface area contributed by atoms with Gasteiger partial charge in [-0.15, -0.1) is 0 Å². The van der Waals surface area contributed by atoms with Crippen LogP contribution >= 0.6 is 31.9 Å². The SMILES string of the molecule is N=C(Nc1cccc(C(F)(F)F)c1)Nc1cc(Br)ccc1Br. The van der Waals surface area contributed by atoms with Gasteiger partial charge in [-0.05, 0) is 52.3 Å². The first-order valence-electron chi connectivity index (χ1n) is 6.00. The molecule has 116 valence electrons. The average molecular weight is 437 g/mol. The Kier molecular flexibility index (Phi) is 5.12. The van der Waals surface area contributed by atoms with E-state index >= 15 is 0 Å². The molecule has 0 spiro atoms. The van der Waals surface area contributed by atoms with E-state index in [1.165, 1.54) is 12.1 Å². The predicted octanol–water partition coefficient (Wildman–Crippen LogP) is 5.69. The van der Waals surface area contributed by atoms with Crippen LogP contribution in [0.1, 0.15) is 5.56 Å². The largest absolute Gasteiger partial charge is 0.416 e. The molecule has 3 nitrogen and oxygen atoms in total. The molecular formula is C14H10Br2F3N3. The maximum absolute atomic E-state index is 12.6. The number of guanidine groups is 1. The van der Waals surface area contributed by atoms with Gasteiger partial charge in [-0.2, -0.15) is 13.2 Å². The monoisotopic (exact) mass is 435 g/mol. The van der Waals surface area contributed by atoms with Crippen molar-refractivity contribution in [3.05, 3.63) is 57.0 Å². The van der Waals surface area contributed by atoms with E-state index in [2.05, 4.69) is 42.5 Å². The van der Waals surface area contributed by atoms with E-state index in [9.17, 15) is 13.2 Å². The Morgan fingerprint density at radius 1 is 1.00 bits per heavy atom. The van der Waals surface area contributed by atoms with Gasteiger partial charge < -0.3 is 10.6 Å². The molecule has 0 fully saturated rings. The van der Waals surface area contributed by atoms with Gasteiger partial charge >= 0.3 is 6.18 Å². The van der Waals surface area contributed by atoms with Crippen molar-refractivity contribution in [2.75, 3.05) is 10.6 Å². The highest BCUT2D eigenvalue weighted by atomic mass is 79.9. The van der Waals surface area contributed by atoms with Crippen molar-refractivity contribution in [1.29, 1.82) is 5.41 Å². The van der Waals surface area contributed by atoms with Gasteiger partial charge in [0.15, 0.2) is 5.96 Å². The lowest BCUT2D eigenvalue weighted by Crippen LogP contribution is -2.21. The van der Waals surface area contributed by atoms with Crippen molar-refractivity contribution in [2.45, 2.75) is 6.18 Å². The second-order valence-corrected chi connectivity index (χ2v) is 6.10. The van der Waals surface area contributed by atoms with Gasteiger partial charge in [0.1, 0.15) is 0 Å². The zero-order chi connectivity index (χ0) is 16.3. The molecular weight excluding hydrogens is 427 g/mol. The topological polar surface area (TPSA) is 47.9 Å². The van der Waals surface area contributed by atoms with Crippen LogP contribution < -0.4 is 10.6 Å². The lowest BCUT2D eigenvalue weighted by Gasteiger charge is -2.13. The molecule has 0 atom stereocenters. The van der Waals surface area contributed by atoms with E-state index in [0.717, 1.165) is 21.1 Å². The van der Waals surface area contributed by atoms with Gasteiger partial charge in [0, 0.05) is 14.6 Å². The fourth-order valence-electron chi connectivity index (χ4n) is 1.68. The minimum Gasteiger partial charge on any atom is -0.326 e. The molecule has 22 heavy (non-hydrogen) atoms. The maximum atomic E-state index is 12.6. The van der Waals surface area contributed by atoms with Gasteiger partial charge in [-0.3, -0.25) is 5.41 Å². The Balaban J connectivity index is 2.11. The number of hydrogen-bond donors (Lipinski definition) is 3. The summed E-state index contributed by atoms with van der Waals surface area (Å²) in [6, 6.07) is 10.0. The smallest absolute Gasteiger partial charge is 0.326 e. The third-order valence-electron chi connectivity index (χ3n) is 2.65. The Bertz CT molecular complexity index is 702. The molecule has 0 radical (unpaired) electrons. The number of hydrogen-bond acceptors (Lipinski definition) is 1. The first-order valence-corrected chi connectivity index (χ1v) is 7.59. The summed E-state index contributed by atoms with van der Waals surface area (Å²) in [6.45, 7) is 0. The summed E-state index contributed by atoms with van der Waals surface area (Å²) in [7, 11) is 0. The molecule has 0 heterocycles. The summed E-state index contributed by atoms with van der Waals surface area (Å²) in [4.78, 5) is 0. The molecule has 2 aromatic carbocycles. The van der Waals surface area contributed by atoms with E-state index in [1.807, 2.05) is 6.07 Å². The third-order valence-corrected chi connectivity index (χ3v) is 3.83. The van der Waals surface area contributed by atoms with Crippen LogP contribution in [0, 0.1) is 5.41 Å². The first kappa shape index (κ1) is 16.8. The number of halogens is 5. The van der Waals surface area contributed by atoms with Crippen LogP contribution in [0.2, 0.25) is 0 Å². The lowest BCUT2D eigenvalue weighted by atomic mass is 10.2. The molecule has 0 unspecified atom stereocenters. The standard InChI is InChI=1S/C14H10Br2F3N3/c15-9-4-5-11(16)12(7-9)22-13(20)21-10-3-1-2-8(6-10)14(17,18)19/h1-7H,(H3,20,21,22). The van der Waals surface area contributed by atoms with Crippen molar-refractivity contribution >= 4 is 49.2 Å². The van der Waals surface area contributed by atoms with E-state index in [1.54, 1.807) is 12.1 Å². The quantitative estimate of drug-likeness (QED) is 0.418. The molecule has 2 rings (SSSR count). The number of nitrogens with one attached hydrogen (secondary N) is 3. The summed E-state index contributed by atoms with van der Waals surface area (Å²) >= 11 is 6.63. The average Bonchev–Trinajstić information content (AvgIpc) is 2.42. The van der Waals surface area contributed by atoms with Gasteiger partial charge in [0.25, 0.3) is 0 Å². The van der Waals surface area contributed by atoms with Gasteiger partial charge in [-0.1, -0.05) is 22.0 Å². The summed E-state index contributed by atoms with van der Waals surface area (Å²) < 4.78 is 39.5. The Morgan fingerprint density at radius 2 is 1.73 bits per heavy atom.